The van der Waals surface area contributed by atoms with Gasteiger partial charge in [-0.3, -0.25) is 9.59 Å². The smallest absolute Gasteiger partial charge is 0.308 e. The molecule has 0 radical (unpaired) electrons. The van der Waals surface area contributed by atoms with Crippen LogP contribution in [0.1, 0.15) is 29.6 Å². The number of hydrogen-bond donors (Lipinski definition) is 1. The molecule has 106 valence electrons. The molecule has 0 saturated carbocycles. The lowest BCUT2D eigenvalue weighted by atomic mass is 9.89. The van der Waals surface area contributed by atoms with E-state index in [1.807, 2.05) is 12.1 Å². The largest absolute Gasteiger partial charge is 0.481 e. The Labute approximate surface area is 133 Å². The van der Waals surface area contributed by atoms with Crippen molar-refractivity contribution < 1.29 is 14.7 Å². The Balaban J connectivity index is 1.92. The number of carboxylic acids is 1. The molecule has 2 aliphatic heterocycles. The van der Waals surface area contributed by atoms with Crippen LogP contribution in [-0.2, 0) is 4.79 Å². The van der Waals surface area contributed by atoms with E-state index in [1.54, 1.807) is 11.0 Å². The predicted octanol–water partition coefficient (Wildman–Crippen LogP) is 3.29. The molecule has 0 spiro atoms. The van der Waals surface area contributed by atoms with E-state index >= 15 is 0 Å². The summed E-state index contributed by atoms with van der Waals surface area (Å²) in [5, 5.41) is 9.25. The zero-order valence-electron chi connectivity index (χ0n) is 10.6. The second-order valence-electron chi connectivity index (χ2n) is 5.32. The van der Waals surface area contributed by atoms with Crippen LogP contribution in [0.4, 0.5) is 0 Å². The van der Waals surface area contributed by atoms with Crippen molar-refractivity contribution in [2.45, 2.75) is 31.3 Å². The minimum absolute atomic E-state index is 0.0690. The van der Waals surface area contributed by atoms with Crippen LogP contribution in [0, 0.1) is 5.92 Å². The Morgan fingerprint density at radius 3 is 2.65 bits per heavy atom. The lowest BCUT2D eigenvalue weighted by Crippen LogP contribution is -2.38. The summed E-state index contributed by atoms with van der Waals surface area (Å²) < 4.78 is 1.58. The third kappa shape index (κ3) is 2.19. The monoisotopic (exact) mass is 401 g/mol. The summed E-state index contributed by atoms with van der Waals surface area (Å²) in [4.78, 5) is 25.8. The maximum atomic E-state index is 12.7. The van der Waals surface area contributed by atoms with Crippen LogP contribution >= 0.6 is 31.9 Å². The van der Waals surface area contributed by atoms with Crippen LogP contribution in [0.15, 0.2) is 27.1 Å². The molecule has 2 bridgehead atoms. The number of carboxylic acid groups (broad SMARTS) is 1. The lowest BCUT2D eigenvalue weighted by Gasteiger charge is -2.23. The molecule has 0 aromatic heterocycles. The minimum atomic E-state index is -0.789. The number of amides is 1. The van der Waals surface area contributed by atoms with E-state index in [0.717, 1.165) is 21.8 Å². The second kappa shape index (κ2) is 5.15. The van der Waals surface area contributed by atoms with Gasteiger partial charge in [-0.25, -0.2) is 0 Å². The molecule has 3 unspecified atom stereocenters. The summed E-state index contributed by atoms with van der Waals surface area (Å²) in [6, 6.07) is 5.37. The average molecular weight is 403 g/mol. The van der Waals surface area contributed by atoms with Crippen LogP contribution < -0.4 is 0 Å². The average Bonchev–Trinajstić information content (AvgIpc) is 2.98. The highest BCUT2D eigenvalue weighted by Gasteiger charge is 2.51. The number of nitrogens with zero attached hydrogens (tertiary/aromatic N) is 1. The van der Waals surface area contributed by atoms with Gasteiger partial charge < -0.3 is 10.0 Å². The molecule has 2 fully saturated rings. The first-order chi connectivity index (χ1) is 9.49. The Morgan fingerprint density at radius 2 is 2.00 bits per heavy atom. The molecule has 3 rings (SSSR count). The van der Waals surface area contributed by atoms with Gasteiger partial charge in [-0.2, -0.15) is 0 Å². The summed E-state index contributed by atoms with van der Waals surface area (Å²) in [5.74, 6) is -1.28. The molecule has 20 heavy (non-hydrogen) atoms. The third-order valence-electron chi connectivity index (χ3n) is 4.25. The SMILES string of the molecule is O=C(O)C1CC2CCC1N2C(=O)c1cc(Br)ccc1Br. The molecule has 1 aromatic carbocycles. The van der Waals surface area contributed by atoms with Gasteiger partial charge >= 0.3 is 5.97 Å². The second-order valence-corrected chi connectivity index (χ2v) is 7.09. The number of halogens is 2. The number of benzene rings is 1. The van der Waals surface area contributed by atoms with Gasteiger partial charge in [-0.1, -0.05) is 15.9 Å². The van der Waals surface area contributed by atoms with Gasteiger partial charge in [0.1, 0.15) is 0 Å². The number of aliphatic carboxylic acids is 1. The van der Waals surface area contributed by atoms with E-state index in [4.69, 9.17) is 0 Å². The van der Waals surface area contributed by atoms with Gasteiger partial charge in [-0.15, -0.1) is 0 Å². The first-order valence-corrected chi connectivity index (χ1v) is 8.08. The predicted molar refractivity (Wildman–Crippen MR) is 80.6 cm³/mol. The highest BCUT2D eigenvalue weighted by atomic mass is 79.9. The molecular weight excluding hydrogens is 390 g/mol. The van der Waals surface area contributed by atoms with Gasteiger partial charge in [0, 0.05) is 21.0 Å². The summed E-state index contributed by atoms with van der Waals surface area (Å²) in [7, 11) is 0. The molecule has 2 heterocycles. The number of fused-ring (bicyclic) bond motifs is 2. The maximum absolute atomic E-state index is 12.7. The van der Waals surface area contributed by atoms with Crippen LogP contribution in [0.25, 0.3) is 0 Å². The van der Waals surface area contributed by atoms with Gasteiger partial charge in [0.15, 0.2) is 0 Å². The van der Waals surface area contributed by atoms with Crippen LogP contribution in [0.2, 0.25) is 0 Å². The van der Waals surface area contributed by atoms with Gasteiger partial charge in [-0.05, 0) is 53.4 Å². The number of carbonyl (C=O) groups excluding carboxylic acids is 1. The first-order valence-electron chi connectivity index (χ1n) is 6.49. The quantitative estimate of drug-likeness (QED) is 0.825. The molecule has 2 saturated heterocycles. The molecule has 1 N–H and O–H groups in total. The molecule has 1 amide bonds. The summed E-state index contributed by atoms with van der Waals surface area (Å²) >= 11 is 6.77. The minimum Gasteiger partial charge on any atom is -0.481 e. The number of hydrogen-bond acceptors (Lipinski definition) is 2. The van der Waals surface area contributed by atoms with Gasteiger partial charge in [0.25, 0.3) is 5.91 Å². The first kappa shape index (κ1) is 14.1. The topological polar surface area (TPSA) is 57.6 Å². The molecular formula is C14H13Br2NO3. The fourth-order valence-electron chi connectivity index (χ4n) is 3.37. The van der Waals surface area contributed by atoms with E-state index in [9.17, 15) is 14.7 Å². The van der Waals surface area contributed by atoms with E-state index < -0.39 is 11.9 Å². The fourth-order valence-corrected chi connectivity index (χ4v) is 4.15. The van der Waals surface area contributed by atoms with Crippen molar-refractivity contribution in [3.05, 3.63) is 32.7 Å². The number of carbonyl (C=O) groups is 2. The number of rotatable bonds is 2. The van der Waals surface area contributed by atoms with Crippen LogP contribution in [-0.4, -0.2) is 34.0 Å². The highest BCUT2D eigenvalue weighted by molar-refractivity contribution is 9.11. The van der Waals surface area contributed by atoms with Crippen LogP contribution in [0.3, 0.4) is 0 Å². The van der Waals surface area contributed by atoms with Crippen LogP contribution in [0.5, 0.6) is 0 Å². The van der Waals surface area contributed by atoms with Crippen molar-refractivity contribution in [3.63, 3.8) is 0 Å². The Morgan fingerprint density at radius 1 is 1.25 bits per heavy atom. The molecule has 6 heteroatoms. The molecule has 4 nitrogen and oxygen atoms in total. The van der Waals surface area contributed by atoms with Crippen molar-refractivity contribution in [1.82, 2.24) is 4.90 Å². The zero-order valence-corrected chi connectivity index (χ0v) is 13.7. The third-order valence-corrected chi connectivity index (χ3v) is 5.43. The van der Waals surface area contributed by atoms with Crippen molar-refractivity contribution in [3.8, 4) is 0 Å². The van der Waals surface area contributed by atoms with E-state index in [0.29, 0.717) is 12.0 Å². The molecule has 2 aliphatic rings. The highest BCUT2D eigenvalue weighted by Crippen LogP contribution is 2.43. The standard InChI is InChI=1S/C14H13Br2NO3/c15-7-1-3-11(16)9(5-7)13(18)17-8-2-4-12(17)10(6-8)14(19)20/h1,3,5,8,10,12H,2,4,6H2,(H,19,20). The Kier molecular flexibility index (Phi) is 3.62. The summed E-state index contributed by atoms with van der Waals surface area (Å²) in [6.07, 6.45) is 2.28. The maximum Gasteiger partial charge on any atom is 0.308 e. The van der Waals surface area contributed by atoms with Gasteiger partial charge in [0.2, 0.25) is 0 Å². The van der Waals surface area contributed by atoms with E-state index in [2.05, 4.69) is 31.9 Å². The summed E-state index contributed by atoms with van der Waals surface area (Å²) in [6.45, 7) is 0. The molecule has 0 aliphatic carbocycles. The summed E-state index contributed by atoms with van der Waals surface area (Å²) in [5.41, 5.74) is 0.585. The molecule has 1 aromatic rings. The zero-order chi connectivity index (χ0) is 14.4. The van der Waals surface area contributed by atoms with Crippen molar-refractivity contribution >= 4 is 43.7 Å². The normalized spacial score (nSPS) is 27.9. The van der Waals surface area contributed by atoms with E-state index in [-0.39, 0.29) is 18.0 Å². The van der Waals surface area contributed by atoms with Crippen molar-refractivity contribution in [2.24, 2.45) is 5.92 Å². The molecule has 3 atom stereocenters. The lowest BCUT2D eigenvalue weighted by molar-refractivity contribution is -0.142. The van der Waals surface area contributed by atoms with Crippen molar-refractivity contribution in [1.29, 1.82) is 0 Å². The fraction of sp³-hybridized carbons (Fsp3) is 0.429. The Bertz CT molecular complexity index is 590. The van der Waals surface area contributed by atoms with E-state index in [1.165, 1.54) is 0 Å². The Hall–Kier alpha value is -0.880. The van der Waals surface area contributed by atoms with Crippen molar-refractivity contribution in [2.75, 3.05) is 0 Å². The van der Waals surface area contributed by atoms with Gasteiger partial charge in [0.05, 0.1) is 11.5 Å².